The van der Waals surface area contributed by atoms with Gasteiger partial charge in [-0.05, 0) is 40.7 Å². The van der Waals surface area contributed by atoms with Gasteiger partial charge < -0.3 is 24.2 Å². The topological polar surface area (TPSA) is 88.9 Å². The zero-order valence-electron chi connectivity index (χ0n) is 22.4. The predicted molar refractivity (Wildman–Crippen MR) is 146 cm³/mol. The van der Waals surface area contributed by atoms with Gasteiger partial charge in [-0.3, -0.25) is 4.57 Å². The number of ether oxygens (including phenoxy) is 2. The van der Waals surface area contributed by atoms with E-state index in [0.717, 1.165) is 29.1 Å². The van der Waals surface area contributed by atoms with Gasteiger partial charge in [0.05, 0.1) is 17.7 Å². The molecular formula is C26H36ClN7O3. The molecule has 0 saturated carbocycles. The van der Waals surface area contributed by atoms with Crippen LogP contribution in [-0.4, -0.2) is 88.6 Å². The van der Waals surface area contributed by atoms with Gasteiger partial charge in [-0.1, -0.05) is 11.6 Å². The van der Waals surface area contributed by atoms with E-state index in [1.165, 1.54) is 0 Å². The van der Waals surface area contributed by atoms with E-state index in [2.05, 4.69) is 33.6 Å². The number of rotatable bonds is 7. The molecule has 3 aromatic heterocycles. The van der Waals surface area contributed by atoms with Crippen LogP contribution < -0.4 is 9.80 Å². The average molecular weight is 530 g/mol. The molecular weight excluding hydrogens is 494 g/mol. The minimum atomic E-state index is -0.533. The maximum absolute atomic E-state index is 12.7. The van der Waals surface area contributed by atoms with Gasteiger partial charge >= 0.3 is 6.09 Å². The Morgan fingerprint density at radius 1 is 1.24 bits per heavy atom. The predicted octanol–water partition coefficient (Wildman–Crippen LogP) is 4.39. The molecule has 1 saturated heterocycles. The first-order valence-corrected chi connectivity index (χ1v) is 13.0. The molecule has 1 fully saturated rings. The van der Waals surface area contributed by atoms with Crippen LogP contribution >= 0.6 is 11.6 Å². The summed E-state index contributed by atoms with van der Waals surface area (Å²) in [5, 5.41) is 1.53. The number of aromatic nitrogens is 4. The molecule has 0 N–H and O–H groups in total. The quantitative estimate of drug-likeness (QED) is 0.445. The highest BCUT2D eigenvalue weighted by molar-refractivity contribution is 6.30. The molecule has 0 aliphatic carbocycles. The summed E-state index contributed by atoms with van der Waals surface area (Å²) in [4.78, 5) is 32.9. The highest BCUT2D eigenvalue weighted by atomic mass is 35.5. The summed E-state index contributed by atoms with van der Waals surface area (Å²) in [7, 11) is 1.70. The molecule has 1 amide bonds. The Morgan fingerprint density at radius 2 is 2.03 bits per heavy atom. The largest absolute Gasteiger partial charge is 0.444 e. The number of fused-ring (bicyclic) bond motifs is 1. The molecule has 10 nitrogen and oxygen atoms in total. The van der Waals surface area contributed by atoms with Crippen molar-refractivity contribution in [3.8, 4) is 5.82 Å². The van der Waals surface area contributed by atoms with E-state index in [0.29, 0.717) is 43.6 Å². The second kappa shape index (κ2) is 11.1. The van der Waals surface area contributed by atoms with E-state index in [1.54, 1.807) is 30.6 Å². The Hall–Kier alpha value is -3.11. The van der Waals surface area contributed by atoms with E-state index in [9.17, 15) is 4.79 Å². The first kappa shape index (κ1) is 26.9. The summed E-state index contributed by atoms with van der Waals surface area (Å²) >= 11 is 6.30. The van der Waals surface area contributed by atoms with Crippen molar-refractivity contribution < 1.29 is 14.3 Å². The van der Waals surface area contributed by atoms with Crippen LogP contribution in [0.4, 0.5) is 16.3 Å². The number of likely N-dealkylation sites (N-methyl/N-ethyl adjacent to an activating group) is 1. The molecule has 3 aromatic rings. The lowest BCUT2D eigenvalue weighted by atomic mass is 10.1. The third-order valence-corrected chi connectivity index (χ3v) is 6.57. The molecule has 11 heteroatoms. The Morgan fingerprint density at radius 3 is 2.68 bits per heavy atom. The number of carbonyl (C=O) groups is 1. The normalized spacial score (nSPS) is 16.4. The Labute approximate surface area is 223 Å². The SMILES string of the molecule is CCN(CCOC)c1cn(-c2cc(Cl)ccn2)c2ncnc(N3CCN(C(=O)OC(C)(C)C)C[C@@H]3C)c12. The maximum Gasteiger partial charge on any atom is 0.410 e. The van der Waals surface area contributed by atoms with Crippen LogP contribution in [-0.2, 0) is 9.47 Å². The van der Waals surface area contributed by atoms with Crippen molar-refractivity contribution >= 4 is 40.2 Å². The number of anilines is 2. The highest BCUT2D eigenvalue weighted by Crippen LogP contribution is 2.37. The van der Waals surface area contributed by atoms with Gasteiger partial charge in [-0.25, -0.2) is 19.7 Å². The van der Waals surface area contributed by atoms with Crippen molar-refractivity contribution in [2.45, 2.75) is 46.3 Å². The van der Waals surface area contributed by atoms with E-state index in [1.807, 2.05) is 37.6 Å². The van der Waals surface area contributed by atoms with Crippen molar-refractivity contribution in [1.29, 1.82) is 0 Å². The summed E-state index contributed by atoms with van der Waals surface area (Å²) in [6.07, 6.45) is 5.02. The summed E-state index contributed by atoms with van der Waals surface area (Å²) in [6.45, 7) is 13.6. The molecule has 4 heterocycles. The van der Waals surface area contributed by atoms with Gasteiger partial charge in [0.1, 0.15) is 23.6 Å². The molecule has 37 heavy (non-hydrogen) atoms. The smallest absolute Gasteiger partial charge is 0.410 e. The number of halogens is 1. The summed E-state index contributed by atoms with van der Waals surface area (Å²) in [5.41, 5.74) is 1.20. The monoisotopic (exact) mass is 529 g/mol. The van der Waals surface area contributed by atoms with Gasteiger partial charge in [0.25, 0.3) is 0 Å². The number of amides is 1. The molecule has 1 atom stereocenters. The average Bonchev–Trinajstić information content (AvgIpc) is 3.23. The fourth-order valence-electron chi connectivity index (χ4n) is 4.60. The lowest BCUT2D eigenvalue weighted by Crippen LogP contribution is -2.54. The van der Waals surface area contributed by atoms with Crippen LogP contribution in [0, 0.1) is 0 Å². The van der Waals surface area contributed by atoms with Gasteiger partial charge in [-0.2, -0.15) is 0 Å². The fourth-order valence-corrected chi connectivity index (χ4v) is 4.75. The minimum absolute atomic E-state index is 0.0221. The maximum atomic E-state index is 12.7. The first-order valence-electron chi connectivity index (χ1n) is 12.6. The summed E-state index contributed by atoms with van der Waals surface area (Å²) < 4.78 is 12.9. The Bertz CT molecular complexity index is 1240. The number of methoxy groups -OCH3 is 1. The first-order chi connectivity index (χ1) is 17.6. The second-order valence-electron chi connectivity index (χ2n) is 10.2. The lowest BCUT2D eigenvalue weighted by Gasteiger charge is -2.41. The molecule has 0 radical (unpaired) electrons. The molecule has 4 rings (SSSR count). The van der Waals surface area contributed by atoms with Crippen molar-refractivity contribution in [1.82, 2.24) is 24.4 Å². The van der Waals surface area contributed by atoms with E-state index in [4.69, 9.17) is 26.1 Å². The zero-order valence-corrected chi connectivity index (χ0v) is 23.2. The summed E-state index contributed by atoms with van der Waals surface area (Å²) in [6, 6.07) is 3.59. The Kier molecular flexibility index (Phi) is 8.08. The number of carbonyl (C=O) groups excluding carboxylic acids is 1. The molecule has 1 aliphatic rings. The number of pyridine rings is 1. The van der Waals surface area contributed by atoms with Crippen molar-refractivity contribution in [3.05, 3.63) is 35.9 Å². The second-order valence-corrected chi connectivity index (χ2v) is 10.6. The van der Waals surface area contributed by atoms with E-state index < -0.39 is 5.60 Å². The lowest BCUT2D eigenvalue weighted by molar-refractivity contribution is 0.0218. The zero-order chi connectivity index (χ0) is 26.7. The molecule has 0 spiro atoms. The number of nitrogens with zero attached hydrogens (tertiary/aromatic N) is 7. The van der Waals surface area contributed by atoms with Crippen LogP contribution in [0.1, 0.15) is 34.6 Å². The summed E-state index contributed by atoms with van der Waals surface area (Å²) in [5.74, 6) is 1.51. The third-order valence-electron chi connectivity index (χ3n) is 6.34. The standard InChI is InChI=1S/C26H36ClN7O3/c1-7-31(12-13-36-6)20-16-34(21-14-19(27)8-9-28-21)24-22(20)23(29-17-30-24)33-11-10-32(15-18(33)2)25(35)37-26(3,4)5/h8-9,14,16-18H,7,10-13,15H2,1-6H3/t18-/m0/s1. The van der Waals surface area contributed by atoms with Crippen molar-refractivity contribution in [2.75, 3.05) is 56.2 Å². The van der Waals surface area contributed by atoms with E-state index in [-0.39, 0.29) is 12.1 Å². The van der Waals surface area contributed by atoms with Gasteiger partial charge in [0.2, 0.25) is 0 Å². The molecule has 1 aliphatic heterocycles. The molecule has 200 valence electrons. The van der Waals surface area contributed by atoms with Gasteiger partial charge in [0.15, 0.2) is 5.65 Å². The van der Waals surface area contributed by atoms with E-state index >= 15 is 0 Å². The van der Waals surface area contributed by atoms with Crippen LogP contribution in [0.2, 0.25) is 5.02 Å². The van der Waals surface area contributed by atoms with Crippen molar-refractivity contribution in [2.24, 2.45) is 0 Å². The number of hydrogen-bond donors (Lipinski definition) is 0. The van der Waals surface area contributed by atoms with Crippen LogP contribution in [0.15, 0.2) is 30.9 Å². The number of hydrogen-bond acceptors (Lipinski definition) is 8. The molecule has 0 unspecified atom stereocenters. The molecule has 0 aromatic carbocycles. The van der Waals surface area contributed by atoms with Crippen LogP contribution in [0.5, 0.6) is 0 Å². The minimum Gasteiger partial charge on any atom is -0.444 e. The Balaban J connectivity index is 1.76. The number of piperazine rings is 1. The van der Waals surface area contributed by atoms with Crippen molar-refractivity contribution in [3.63, 3.8) is 0 Å². The van der Waals surface area contributed by atoms with Gasteiger partial charge in [0, 0.05) is 69.4 Å². The molecule has 0 bridgehead atoms. The fraction of sp³-hybridized carbons (Fsp3) is 0.538. The van der Waals surface area contributed by atoms with Crippen LogP contribution in [0.25, 0.3) is 16.9 Å². The highest BCUT2D eigenvalue weighted by Gasteiger charge is 2.32. The van der Waals surface area contributed by atoms with Gasteiger partial charge in [-0.15, -0.1) is 0 Å². The van der Waals surface area contributed by atoms with Crippen LogP contribution in [0.3, 0.4) is 0 Å². The third kappa shape index (κ3) is 5.91.